The topological polar surface area (TPSA) is 94.9 Å². The van der Waals surface area contributed by atoms with Gasteiger partial charge in [-0.15, -0.1) is 0 Å². The summed E-state index contributed by atoms with van der Waals surface area (Å²) in [6.45, 7) is 2.28. The molecule has 0 saturated carbocycles. The molecule has 1 fully saturated rings. The van der Waals surface area contributed by atoms with Crippen LogP contribution in [-0.4, -0.2) is 44.4 Å². The molecule has 0 N–H and O–H groups in total. The van der Waals surface area contributed by atoms with Gasteiger partial charge in [0, 0.05) is 18.1 Å². The molecule has 1 heterocycles. The first-order chi connectivity index (χ1) is 20.3. The highest BCUT2D eigenvalue weighted by Gasteiger charge is 2.47. The minimum absolute atomic E-state index is 0.322. The largest absolute Gasteiger partial charge is 0.374 e. The highest BCUT2D eigenvalue weighted by molar-refractivity contribution is 5.82. The fourth-order valence-electron chi connectivity index (χ4n) is 4.87. The molecule has 0 amide bonds. The van der Waals surface area contributed by atoms with E-state index in [0.717, 1.165) is 22.1 Å². The van der Waals surface area contributed by atoms with E-state index < -0.39 is 24.6 Å². The lowest BCUT2D eigenvalue weighted by molar-refractivity contribution is -0.185. The Balaban J connectivity index is 1.31. The summed E-state index contributed by atoms with van der Waals surface area (Å²) in [4.78, 5) is 2.82. The van der Waals surface area contributed by atoms with Crippen molar-refractivity contribution < 1.29 is 23.7 Å². The van der Waals surface area contributed by atoms with Crippen LogP contribution in [0.4, 0.5) is 0 Å². The first-order valence-corrected chi connectivity index (χ1v) is 13.9. The van der Waals surface area contributed by atoms with Crippen LogP contribution >= 0.6 is 0 Å². The molecular weight excluding hydrogens is 518 g/mol. The van der Waals surface area contributed by atoms with E-state index in [1.807, 2.05) is 72.8 Å². The maximum absolute atomic E-state index is 8.59. The zero-order chi connectivity index (χ0) is 28.1. The van der Waals surface area contributed by atoms with Gasteiger partial charge in [0.2, 0.25) is 0 Å². The van der Waals surface area contributed by atoms with Gasteiger partial charge in [0.25, 0.3) is 0 Å². The van der Waals surface area contributed by atoms with Gasteiger partial charge < -0.3 is 23.7 Å². The second kappa shape index (κ2) is 15.3. The molecule has 8 heteroatoms. The summed E-state index contributed by atoms with van der Waals surface area (Å²) >= 11 is 0. The fourth-order valence-corrected chi connectivity index (χ4v) is 4.87. The molecule has 41 heavy (non-hydrogen) atoms. The molecule has 4 atom stereocenters. The molecule has 0 aliphatic carbocycles. The molecule has 1 aliphatic rings. The molecule has 0 aromatic heterocycles. The minimum atomic E-state index is -0.660. The SMILES string of the molecule is [N-]=[N+]=NCCCO[C@@H]1O[C@@H](COCc2ccccc2)[C@H](OCc2ccccc2)[C@H]1OCc1ccc2ccccc2c1. The standard InChI is InChI=1S/C33H35N3O5/c34-36-35-18-9-19-38-33-32(40-23-27-16-17-28-14-7-8-15-29(28)20-27)31(39-22-26-12-5-2-6-13-26)30(41-33)24-37-21-25-10-3-1-4-11-25/h1-8,10-17,20,30-33H,9,18-19,21-24H2/t30-,31-,32+,33+/m0/s1. The summed E-state index contributed by atoms with van der Waals surface area (Å²) in [6, 6.07) is 34.7. The van der Waals surface area contributed by atoms with Crippen molar-refractivity contribution >= 4 is 10.8 Å². The zero-order valence-electron chi connectivity index (χ0n) is 23.0. The third-order valence-electron chi connectivity index (χ3n) is 6.95. The number of ether oxygens (including phenoxy) is 5. The third-order valence-corrected chi connectivity index (χ3v) is 6.95. The van der Waals surface area contributed by atoms with Crippen molar-refractivity contribution in [1.29, 1.82) is 0 Å². The van der Waals surface area contributed by atoms with Crippen molar-refractivity contribution in [1.82, 2.24) is 0 Å². The molecule has 1 saturated heterocycles. The van der Waals surface area contributed by atoms with Crippen LogP contribution in [0.25, 0.3) is 21.2 Å². The number of fused-ring (bicyclic) bond motifs is 1. The number of hydrogen-bond donors (Lipinski definition) is 0. The van der Waals surface area contributed by atoms with Gasteiger partial charge in [0.15, 0.2) is 6.29 Å². The first-order valence-electron chi connectivity index (χ1n) is 13.9. The summed E-state index contributed by atoms with van der Waals surface area (Å²) in [5, 5.41) is 5.94. The lowest BCUT2D eigenvalue weighted by Gasteiger charge is -2.25. The van der Waals surface area contributed by atoms with E-state index >= 15 is 0 Å². The predicted molar refractivity (Wildman–Crippen MR) is 157 cm³/mol. The Labute approximate surface area is 240 Å². The van der Waals surface area contributed by atoms with Crippen LogP contribution in [0.15, 0.2) is 108 Å². The monoisotopic (exact) mass is 553 g/mol. The Bertz CT molecular complexity index is 1400. The Kier molecular flexibility index (Phi) is 10.7. The molecular formula is C33H35N3O5. The lowest BCUT2D eigenvalue weighted by Crippen LogP contribution is -2.39. The Hall–Kier alpha value is -3.75. The fraction of sp³-hybridized carbons (Fsp3) is 0.333. The number of nitrogens with zero attached hydrogens (tertiary/aromatic N) is 3. The Morgan fingerprint density at radius 1 is 0.683 bits per heavy atom. The van der Waals surface area contributed by atoms with Crippen molar-refractivity contribution in [3.05, 3.63) is 130 Å². The van der Waals surface area contributed by atoms with Crippen LogP contribution < -0.4 is 0 Å². The molecule has 0 bridgehead atoms. The normalized spacial score (nSPS) is 20.2. The number of hydrogen-bond acceptors (Lipinski definition) is 6. The molecule has 4 aromatic rings. The van der Waals surface area contributed by atoms with Gasteiger partial charge in [0.1, 0.15) is 18.3 Å². The van der Waals surface area contributed by atoms with Crippen molar-refractivity contribution in [2.24, 2.45) is 5.11 Å². The van der Waals surface area contributed by atoms with Gasteiger partial charge in [-0.1, -0.05) is 102 Å². The van der Waals surface area contributed by atoms with E-state index in [9.17, 15) is 0 Å². The van der Waals surface area contributed by atoms with Gasteiger partial charge in [0.05, 0.1) is 26.4 Å². The first kappa shape index (κ1) is 28.8. The van der Waals surface area contributed by atoms with E-state index in [1.54, 1.807) is 0 Å². The second-order valence-electron chi connectivity index (χ2n) is 9.94. The van der Waals surface area contributed by atoms with E-state index in [2.05, 4.69) is 40.4 Å². The summed E-state index contributed by atoms with van der Waals surface area (Å²) in [5.74, 6) is 0. The maximum atomic E-state index is 8.59. The molecule has 0 spiro atoms. The molecule has 4 aromatic carbocycles. The average Bonchev–Trinajstić information content (AvgIpc) is 3.35. The highest BCUT2D eigenvalue weighted by Crippen LogP contribution is 2.30. The number of azide groups is 1. The van der Waals surface area contributed by atoms with E-state index in [-0.39, 0.29) is 0 Å². The molecule has 0 radical (unpaired) electrons. The molecule has 212 valence electrons. The minimum Gasteiger partial charge on any atom is -0.374 e. The summed E-state index contributed by atoms with van der Waals surface area (Å²) in [6.07, 6.45) is -1.39. The number of rotatable bonds is 15. The summed E-state index contributed by atoms with van der Waals surface area (Å²) < 4.78 is 31.6. The van der Waals surface area contributed by atoms with Gasteiger partial charge in [-0.2, -0.15) is 0 Å². The molecule has 8 nitrogen and oxygen atoms in total. The van der Waals surface area contributed by atoms with Crippen LogP contribution in [0.3, 0.4) is 0 Å². The predicted octanol–water partition coefficient (Wildman–Crippen LogP) is 6.97. The lowest BCUT2D eigenvalue weighted by atomic mass is 10.1. The van der Waals surface area contributed by atoms with Crippen molar-refractivity contribution in [3.63, 3.8) is 0 Å². The summed E-state index contributed by atoms with van der Waals surface area (Å²) in [7, 11) is 0. The number of benzene rings is 4. The highest BCUT2D eigenvalue weighted by atomic mass is 16.7. The smallest absolute Gasteiger partial charge is 0.186 e. The van der Waals surface area contributed by atoms with Crippen molar-refractivity contribution in [3.8, 4) is 0 Å². The van der Waals surface area contributed by atoms with E-state index in [0.29, 0.717) is 46.0 Å². The average molecular weight is 554 g/mol. The van der Waals surface area contributed by atoms with Crippen molar-refractivity contribution in [2.45, 2.75) is 50.8 Å². The zero-order valence-corrected chi connectivity index (χ0v) is 23.0. The quantitative estimate of drug-likeness (QED) is 0.0686. The van der Waals surface area contributed by atoms with Crippen LogP contribution in [0, 0.1) is 0 Å². The van der Waals surface area contributed by atoms with Crippen LogP contribution in [0.1, 0.15) is 23.1 Å². The Morgan fingerprint density at radius 3 is 2.10 bits per heavy atom. The second-order valence-corrected chi connectivity index (χ2v) is 9.94. The van der Waals surface area contributed by atoms with Gasteiger partial charge >= 0.3 is 0 Å². The van der Waals surface area contributed by atoms with E-state index in [4.69, 9.17) is 29.2 Å². The van der Waals surface area contributed by atoms with Gasteiger partial charge in [-0.3, -0.25) is 0 Å². The molecule has 0 unspecified atom stereocenters. The van der Waals surface area contributed by atoms with Gasteiger partial charge in [-0.25, -0.2) is 0 Å². The molecule has 1 aliphatic heterocycles. The van der Waals surface area contributed by atoms with Crippen LogP contribution in [0.5, 0.6) is 0 Å². The van der Waals surface area contributed by atoms with Gasteiger partial charge in [-0.05, 0) is 45.5 Å². The molecule has 5 rings (SSSR count). The van der Waals surface area contributed by atoms with Crippen LogP contribution in [0.2, 0.25) is 0 Å². The van der Waals surface area contributed by atoms with E-state index in [1.165, 1.54) is 5.39 Å². The summed E-state index contributed by atoms with van der Waals surface area (Å²) in [5.41, 5.74) is 11.8. The van der Waals surface area contributed by atoms with Crippen LogP contribution in [-0.2, 0) is 43.5 Å². The van der Waals surface area contributed by atoms with Crippen molar-refractivity contribution in [2.75, 3.05) is 19.8 Å². The third kappa shape index (κ3) is 8.38. The maximum Gasteiger partial charge on any atom is 0.186 e. The Morgan fingerprint density at radius 2 is 1.34 bits per heavy atom.